The van der Waals surface area contributed by atoms with Crippen LogP contribution in [0, 0.1) is 11.3 Å². The highest BCUT2D eigenvalue weighted by molar-refractivity contribution is 5.75. The van der Waals surface area contributed by atoms with E-state index in [0.29, 0.717) is 30.6 Å². The van der Waals surface area contributed by atoms with Gasteiger partial charge in [-0.15, -0.1) is 0 Å². The summed E-state index contributed by atoms with van der Waals surface area (Å²) in [7, 11) is 5.64. The molecule has 2 rings (SSSR count). The van der Waals surface area contributed by atoms with E-state index in [1.54, 1.807) is 11.9 Å². The molecule has 0 saturated carbocycles. The van der Waals surface area contributed by atoms with Crippen molar-refractivity contribution >= 4 is 11.6 Å². The van der Waals surface area contributed by atoms with E-state index in [2.05, 4.69) is 5.10 Å². The summed E-state index contributed by atoms with van der Waals surface area (Å²) in [5.41, 5.74) is 3.02. The summed E-state index contributed by atoms with van der Waals surface area (Å²) in [6.45, 7) is 4.06. The second kappa shape index (κ2) is 9.18. The lowest BCUT2D eigenvalue weighted by atomic mass is 10.0. The summed E-state index contributed by atoms with van der Waals surface area (Å²) in [6.07, 6.45) is 1.16. The van der Waals surface area contributed by atoms with Crippen LogP contribution in [-0.4, -0.2) is 41.7 Å². The van der Waals surface area contributed by atoms with Crippen LogP contribution in [0.5, 0.6) is 0 Å². The van der Waals surface area contributed by atoms with E-state index in [9.17, 15) is 14.9 Å². The molecule has 0 N–H and O–H groups in total. The number of aryl methyl sites for hydroxylation is 1. The highest BCUT2D eigenvalue weighted by Crippen LogP contribution is 2.14. The highest BCUT2D eigenvalue weighted by Gasteiger charge is 2.18. The molecule has 7 nitrogen and oxygen atoms in total. The van der Waals surface area contributed by atoms with Gasteiger partial charge in [0.25, 0.3) is 5.56 Å². The fourth-order valence-electron chi connectivity index (χ4n) is 3.05. The first-order chi connectivity index (χ1) is 13.3. The number of carbonyl (C=O) groups is 1. The number of likely N-dealkylation sites (N-methyl/N-ethyl adjacent to an activating group) is 1. The van der Waals surface area contributed by atoms with Gasteiger partial charge in [-0.2, -0.15) is 10.4 Å². The number of carbonyl (C=O) groups excluding carboxylic acids is 1. The fraction of sp³-hybridized carbons (Fsp3) is 0.429. The molecule has 1 aromatic carbocycles. The van der Waals surface area contributed by atoms with Crippen molar-refractivity contribution in [1.82, 2.24) is 14.7 Å². The summed E-state index contributed by atoms with van der Waals surface area (Å²) in [6, 6.07) is 9.93. The Hall–Kier alpha value is -3.14. The molecular formula is C21H27N5O2. The predicted octanol–water partition coefficient (Wildman–Crippen LogP) is 1.96. The van der Waals surface area contributed by atoms with Crippen molar-refractivity contribution in [3.63, 3.8) is 0 Å². The first-order valence-corrected chi connectivity index (χ1v) is 9.35. The van der Waals surface area contributed by atoms with Crippen molar-refractivity contribution in [1.29, 1.82) is 5.26 Å². The van der Waals surface area contributed by atoms with Crippen LogP contribution in [0.1, 0.15) is 36.2 Å². The second-order valence-electron chi connectivity index (χ2n) is 6.89. The molecule has 0 aliphatic heterocycles. The first-order valence-electron chi connectivity index (χ1n) is 9.35. The van der Waals surface area contributed by atoms with Gasteiger partial charge in [0, 0.05) is 33.4 Å². The monoisotopic (exact) mass is 381 g/mol. The van der Waals surface area contributed by atoms with Crippen molar-refractivity contribution in [2.24, 2.45) is 0 Å². The molecule has 0 aliphatic carbocycles. The number of hydrogen-bond donors (Lipinski definition) is 0. The molecule has 0 fully saturated rings. The molecule has 0 spiro atoms. The number of nitriles is 1. The standard InChI is InChI=1S/C21H27N5O2/c1-6-17-18(12-22)21(28)26(23-19(17)7-2)14-20(27)25(5)13-15-8-10-16(11-9-15)24(3)4/h8-11H,6-7,13-14H2,1-5H3. The van der Waals surface area contributed by atoms with E-state index in [4.69, 9.17) is 0 Å². The summed E-state index contributed by atoms with van der Waals surface area (Å²) in [5, 5.41) is 13.7. The van der Waals surface area contributed by atoms with E-state index in [1.165, 1.54) is 0 Å². The normalized spacial score (nSPS) is 10.4. The Kier molecular flexibility index (Phi) is 6.94. The molecule has 0 bridgehead atoms. The van der Waals surface area contributed by atoms with Gasteiger partial charge in [0.05, 0.1) is 5.69 Å². The second-order valence-corrected chi connectivity index (χ2v) is 6.89. The molecular weight excluding hydrogens is 354 g/mol. The third-order valence-electron chi connectivity index (χ3n) is 4.72. The Morgan fingerprint density at radius 3 is 2.29 bits per heavy atom. The van der Waals surface area contributed by atoms with Gasteiger partial charge in [-0.05, 0) is 36.1 Å². The molecule has 148 valence electrons. The molecule has 7 heteroatoms. The molecule has 0 atom stereocenters. The maximum absolute atomic E-state index is 12.6. The summed E-state index contributed by atoms with van der Waals surface area (Å²) in [4.78, 5) is 28.8. The average molecular weight is 381 g/mol. The lowest BCUT2D eigenvalue weighted by Crippen LogP contribution is -2.36. The molecule has 1 amide bonds. The Morgan fingerprint density at radius 1 is 1.14 bits per heavy atom. The Labute approximate surface area is 165 Å². The maximum Gasteiger partial charge on any atom is 0.285 e. The molecule has 1 heterocycles. The number of rotatable bonds is 7. The molecule has 1 aromatic heterocycles. The zero-order chi connectivity index (χ0) is 20.8. The van der Waals surface area contributed by atoms with Crippen molar-refractivity contribution in [3.05, 3.63) is 57.0 Å². The van der Waals surface area contributed by atoms with Crippen molar-refractivity contribution in [2.75, 3.05) is 26.0 Å². The molecule has 2 aromatic rings. The zero-order valence-corrected chi connectivity index (χ0v) is 17.2. The van der Waals surface area contributed by atoms with E-state index in [-0.39, 0.29) is 18.0 Å². The van der Waals surface area contributed by atoms with Crippen molar-refractivity contribution < 1.29 is 4.79 Å². The van der Waals surface area contributed by atoms with E-state index in [0.717, 1.165) is 15.9 Å². The molecule has 28 heavy (non-hydrogen) atoms. The smallest absolute Gasteiger partial charge is 0.285 e. The van der Waals surface area contributed by atoms with Crippen LogP contribution in [0.3, 0.4) is 0 Å². The fourth-order valence-corrected chi connectivity index (χ4v) is 3.05. The van der Waals surface area contributed by atoms with E-state index < -0.39 is 5.56 Å². The van der Waals surface area contributed by atoms with Gasteiger partial charge in [0.1, 0.15) is 18.2 Å². The van der Waals surface area contributed by atoms with Crippen LogP contribution in [0.25, 0.3) is 0 Å². The summed E-state index contributed by atoms with van der Waals surface area (Å²) < 4.78 is 1.12. The summed E-state index contributed by atoms with van der Waals surface area (Å²) >= 11 is 0. The molecule has 0 aliphatic rings. The minimum atomic E-state index is -0.506. The Bertz CT molecular complexity index is 939. The Balaban J connectivity index is 2.20. The van der Waals surface area contributed by atoms with Gasteiger partial charge in [-0.1, -0.05) is 26.0 Å². The van der Waals surface area contributed by atoms with Crippen molar-refractivity contribution in [3.8, 4) is 6.07 Å². The number of benzene rings is 1. The van der Waals surface area contributed by atoms with Crippen LogP contribution in [-0.2, 0) is 30.7 Å². The minimum absolute atomic E-state index is 0.0871. The van der Waals surface area contributed by atoms with Gasteiger partial charge >= 0.3 is 0 Å². The number of nitrogens with zero attached hydrogens (tertiary/aromatic N) is 5. The predicted molar refractivity (Wildman–Crippen MR) is 109 cm³/mol. The van der Waals surface area contributed by atoms with E-state index >= 15 is 0 Å². The SMILES string of the molecule is CCc1nn(CC(=O)N(C)Cc2ccc(N(C)C)cc2)c(=O)c(C#N)c1CC. The number of amides is 1. The first kappa shape index (κ1) is 21.2. The topological polar surface area (TPSA) is 82.2 Å². The Morgan fingerprint density at radius 2 is 1.79 bits per heavy atom. The van der Waals surface area contributed by atoms with Gasteiger partial charge in [-0.3, -0.25) is 9.59 Å². The number of anilines is 1. The zero-order valence-electron chi connectivity index (χ0n) is 17.2. The maximum atomic E-state index is 12.6. The largest absolute Gasteiger partial charge is 0.378 e. The quantitative estimate of drug-likeness (QED) is 0.732. The molecule has 0 unspecified atom stereocenters. The highest BCUT2D eigenvalue weighted by atomic mass is 16.2. The number of aromatic nitrogens is 2. The van der Waals surface area contributed by atoms with Crippen LogP contribution in [0.4, 0.5) is 5.69 Å². The average Bonchev–Trinajstić information content (AvgIpc) is 2.69. The van der Waals surface area contributed by atoms with Crippen LogP contribution in [0.2, 0.25) is 0 Å². The third kappa shape index (κ3) is 4.58. The molecule has 0 saturated heterocycles. The van der Waals surface area contributed by atoms with Crippen LogP contribution in [0.15, 0.2) is 29.1 Å². The van der Waals surface area contributed by atoms with Gasteiger partial charge in [0.15, 0.2) is 0 Å². The lowest BCUT2D eigenvalue weighted by molar-refractivity contribution is -0.131. The van der Waals surface area contributed by atoms with Crippen LogP contribution < -0.4 is 10.5 Å². The van der Waals surface area contributed by atoms with Crippen LogP contribution >= 0.6 is 0 Å². The lowest BCUT2D eigenvalue weighted by Gasteiger charge is -2.19. The summed E-state index contributed by atoms with van der Waals surface area (Å²) in [5.74, 6) is -0.235. The van der Waals surface area contributed by atoms with Gasteiger partial charge < -0.3 is 9.80 Å². The van der Waals surface area contributed by atoms with Gasteiger partial charge in [-0.25, -0.2) is 4.68 Å². The van der Waals surface area contributed by atoms with Gasteiger partial charge in [0.2, 0.25) is 5.91 Å². The molecule has 0 radical (unpaired) electrons. The minimum Gasteiger partial charge on any atom is -0.378 e. The van der Waals surface area contributed by atoms with E-state index in [1.807, 2.05) is 63.2 Å². The third-order valence-corrected chi connectivity index (χ3v) is 4.72. The number of hydrogen-bond acceptors (Lipinski definition) is 5. The van der Waals surface area contributed by atoms with Crippen molar-refractivity contribution in [2.45, 2.75) is 39.8 Å².